The van der Waals surface area contributed by atoms with Gasteiger partial charge in [0.15, 0.2) is 0 Å². The Morgan fingerprint density at radius 3 is 2.95 bits per heavy atom. The minimum absolute atomic E-state index is 0.0327. The number of imidazole rings is 1. The van der Waals surface area contributed by atoms with Gasteiger partial charge in [-0.2, -0.15) is 0 Å². The van der Waals surface area contributed by atoms with E-state index in [9.17, 15) is 4.79 Å². The number of benzene rings is 1. The van der Waals surface area contributed by atoms with Crippen LogP contribution in [0.2, 0.25) is 0 Å². The summed E-state index contributed by atoms with van der Waals surface area (Å²) in [5.41, 5.74) is 1.84. The molecule has 1 aromatic heterocycles. The molecule has 0 bridgehead atoms. The highest BCUT2D eigenvalue weighted by Crippen LogP contribution is 2.07. The van der Waals surface area contributed by atoms with Crippen LogP contribution in [0.25, 0.3) is 0 Å². The number of nitrogens with zero attached hydrogens (tertiary/aromatic N) is 3. The van der Waals surface area contributed by atoms with Crippen LogP contribution in [0.5, 0.6) is 0 Å². The van der Waals surface area contributed by atoms with E-state index in [1.54, 1.807) is 31.5 Å². The Kier molecular flexibility index (Phi) is 4.90. The maximum atomic E-state index is 11.9. The Hall–Kier alpha value is -2.14. The molecule has 1 amide bonds. The molecule has 106 valence electrons. The number of hydrogen-bond acceptors (Lipinski definition) is 3. The second-order valence-electron chi connectivity index (χ2n) is 4.88. The minimum Gasteiger partial charge on any atom is -0.345 e. The summed E-state index contributed by atoms with van der Waals surface area (Å²) >= 11 is 0. The second-order valence-corrected chi connectivity index (χ2v) is 4.88. The van der Waals surface area contributed by atoms with Crippen molar-refractivity contribution in [3.63, 3.8) is 0 Å². The van der Waals surface area contributed by atoms with E-state index in [1.165, 1.54) is 0 Å². The summed E-state index contributed by atoms with van der Waals surface area (Å²) in [6.07, 6.45) is 5.52. The summed E-state index contributed by atoms with van der Waals surface area (Å²) in [6.45, 7) is 2.50. The van der Waals surface area contributed by atoms with Gasteiger partial charge in [0.2, 0.25) is 0 Å². The number of carbonyl (C=O) groups excluding carboxylic acids is 1. The number of rotatable bonds is 6. The van der Waals surface area contributed by atoms with Gasteiger partial charge in [0, 0.05) is 51.7 Å². The maximum Gasteiger partial charge on any atom is 0.253 e. The van der Waals surface area contributed by atoms with Crippen LogP contribution in [0.3, 0.4) is 0 Å². The molecule has 2 aromatic rings. The zero-order valence-corrected chi connectivity index (χ0v) is 11.9. The van der Waals surface area contributed by atoms with Crippen molar-refractivity contribution in [1.29, 1.82) is 0 Å². The van der Waals surface area contributed by atoms with Gasteiger partial charge in [0.1, 0.15) is 0 Å². The molecule has 0 aliphatic carbocycles. The predicted molar refractivity (Wildman–Crippen MR) is 78.4 cm³/mol. The molecule has 0 aliphatic rings. The fourth-order valence-corrected chi connectivity index (χ4v) is 1.93. The number of hydrogen-bond donors (Lipinski definition) is 1. The van der Waals surface area contributed by atoms with E-state index in [2.05, 4.69) is 10.3 Å². The predicted octanol–water partition coefficient (Wildman–Crippen LogP) is 1.37. The van der Waals surface area contributed by atoms with Crippen LogP contribution >= 0.6 is 0 Å². The van der Waals surface area contributed by atoms with E-state index in [4.69, 9.17) is 0 Å². The first-order valence-electron chi connectivity index (χ1n) is 6.64. The monoisotopic (exact) mass is 272 g/mol. The SMILES string of the molecule is CN(C)C(=O)c1cccc(CNCCn2ccnc2)c1. The molecule has 5 heteroatoms. The molecule has 1 heterocycles. The van der Waals surface area contributed by atoms with Crippen molar-refractivity contribution < 1.29 is 4.79 Å². The quantitative estimate of drug-likeness (QED) is 0.808. The fraction of sp³-hybridized carbons (Fsp3) is 0.333. The van der Waals surface area contributed by atoms with Crippen LogP contribution < -0.4 is 5.32 Å². The zero-order chi connectivity index (χ0) is 14.4. The average Bonchev–Trinajstić information content (AvgIpc) is 2.96. The van der Waals surface area contributed by atoms with Crippen LogP contribution in [0.4, 0.5) is 0 Å². The molecule has 2 rings (SSSR count). The lowest BCUT2D eigenvalue weighted by molar-refractivity contribution is 0.0827. The van der Waals surface area contributed by atoms with E-state index < -0.39 is 0 Å². The Labute approximate surface area is 119 Å². The Morgan fingerprint density at radius 1 is 1.40 bits per heavy atom. The molecule has 0 radical (unpaired) electrons. The highest BCUT2D eigenvalue weighted by Gasteiger charge is 2.07. The molecule has 0 spiro atoms. The third-order valence-electron chi connectivity index (χ3n) is 3.02. The van der Waals surface area contributed by atoms with Gasteiger partial charge in [-0.25, -0.2) is 4.98 Å². The molecule has 0 unspecified atom stereocenters. The first kappa shape index (κ1) is 14.3. The molecule has 1 aromatic carbocycles. The third-order valence-corrected chi connectivity index (χ3v) is 3.02. The van der Waals surface area contributed by atoms with Crippen molar-refractivity contribution >= 4 is 5.91 Å². The first-order chi connectivity index (χ1) is 9.66. The van der Waals surface area contributed by atoms with Gasteiger partial charge in [0.05, 0.1) is 6.33 Å². The molecule has 0 fully saturated rings. The number of nitrogens with one attached hydrogen (secondary N) is 1. The minimum atomic E-state index is 0.0327. The summed E-state index contributed by atoms with van der Waals surface area (Å²) in [5.74, 6) is 0.0327. The van der Waals surface area contributed by atoms with Crippen LogP contribution in [-0.4, -0.2) is 41.0 Å². The smallest absolute Gasteiger partial charge is 0.253 e. The average molecular weight is 272 g/mol. The molecule has 0 saturated carbocycles. The largest absolute Gasteiger partial charge is 0.345 e. The second kappa shape index (κ2) is 6.86. The number of aromatic nitrogens is 2. The van der Waals surface area contributed by atoms with Gasteiger partial charge in [0.25, 0.3) is 5.91 Å². The summed E-state index contributed by atoms with van der Waals surface area (Å²) in [6, 6.07) is 7.73. The number of carbonyl (C=O) groups is 1. The lowest BCUT2D eigenvalue weighted by Gasteiger charge is -2.11. The molecule has 1 N–H and O–H groups in total. The topological polar surface area (TPSA) is 50.2 Å². The van der Waals surface area contributed by atoms with Gasteiger partial charge < -0.3 is 14.8 Å². The maximum absolute atomic E-state index is 11.9. The summed E-state index contributed by atoms with van der Waals surface area (Å²) in [7, 11) is 3.52. The molecule has 0 aliphatic heterocycles. The van der Waals surface area contributed by atoms with Crippen LogP contribution in [0, 0.1) is 0 Å². The first-order valence-corrected chi connectivity index (χ1v) is 6.64. The van der Waals surface area contributed by atoms with Gasteiger partial charge in [-0.05, 0) is 17.7 Å². The van der Waals surface area contributed by atoms with E-state index in [0.717, 1.165) is 30.8 Å². The molecular formula is C15H20N4O. The van der Waals surface area contributed by atoms with Crippen molar-refractivity contribution in [2.75, 3.05) is 20.6 Å². The van der Waals surface area contributed by atoms with Crippen molar-refractivity contribution in [3.05, 3.63) is 54.1 Å². The fourth-order valence-electron chi connectivity index (χ4n) is 1.93. The van der Waals surface area contributed by atoms with Crippen LogP contribution in [-0.2, 0) is 13.1 Å². The van der Waals surface area contributed by atoms with Crippen molar-refractivity contribution in [2.45, 2.75) is 13.1 Å². The van der Waals surface area contributed by atoms with Crippen LogP contribution in [0.15, 0.2) is 43.0 Å². The summed E-state index contributed by atoms with van der Waals surface area (Å²) < 4.78 is 2.03. The summed E-state index contributed by atoms with van der Waals surface area (Å²) in [4.78, 5) is 17.5. The van der Waals surface area contributed by atoms with E-state index in [-0.39, 0.29) is 5.91 Å². The Balaban J connectivity index is 1.84. The highest BCUT2D eigenvalue weighted by molar-refractivity contribution is 5.94. The van der Waals surface area contributed by atoms with Crippen molar-refractivity contribution in [3.8, 4) is 0 Å². The van der Waals surface area contributed by atoms with Gasteiger partial charge in [-0.15, -0.1) is 0 Å². The van der Waals surface area contributed by atoms with E-state index >= 15 is 0 Å². The molecular weight excluding hydrogens is 252 g/mol. The third kappa shape index (κ3) is 3.93. The Morgan fingerprint density at radius 2 is 2.25 bits per heavy atom. The number of amides is 1. The standard InChI is InChI=1S/C15H20N4O/c1-18(2)15(20)14-5-3-4-13(10-14)11-16-6-8-19-9-7-17-12-19/h3-5,7,9-10,12,16H,6,8,11H2,1-2H3. The molecule has 0 atom stereocenters. The normalized spacial score (nSPS) is 10.5. The lowest BCUT2D eigenvalue weighted by atomic mass is 10.1. The zero-order valence-electron chi connectivity index (χ0n) is 11.9. The van der Waals surface area contributed by atoms with Crippen LogP contribution in [0.1, 0.15) is 15.9 Å². The van der Waals surface area contributed by atoms with E-state index in [0.29, 0.717) is 0 Å². The van der Waals surface area contributed by atoms with Gasteiger partial charge in [-0.1, -0.05) is 12.1 Å². The lowest BCUT2D eigenvalue weighted by Crippen LogP contribution is -2.22. The van der Waals surface area contributed by atoms with Crippen molar-refractivity contribution in [1.82, 2.24) is 19.8 Å². The molecule has 5 nitrogen and oxygen atoms in total. The van der Waals surface area contributed by atoms with Gasteiger partial charge in [-0.3, -0.25) is 4.79 Å². The summed E-state index contributed by atoms with van der Waals surface area (Å²) in [5, 5.41) is 3.36. The Bertz CT molecular complexity index is 549. The van der Waals surface area contributed by atoms with Crippen molar-refractivity contribution in [2.24, 2.45) is 0 Å². The van der Waals surface area contributed by atoms with E-state index in [1.807, 2.05) is 35.0 Å². The highest BCUT2D eigenvalue weighted by atomic mass is 16.2. The van der Waals surface area contributed by atoms with Gasteiger partial charge >= 0.3 is 0 Å². The molecule has 20 heavy (non-hydrogen) atoms. The molecule has 0 saturated heterocycles.